The van der Waals surface area contributed by atoms with E-state index >= 15 is 0 Å². The minimum atomic E-state index is -2.59. The van der Waals surface area contributed by atoms with Crippen molar-refractivity contribution in [2.75, 3.05) is 5.32 Å². The van der Waals surface area contributed by atoms with Gasteiger partial charge in [-0.15, -0.1) is 11.3 Å². The molecule has 0 aromatic carbocycles. The van der Waals surface area contributed by atoms with Gasteiger partial charge in [0.05, 0.1) is 10.6 Å². The van der Waals surface area contributed by atoms with Gasteiger partial charge < -0.3 is 4.74 Å². The molecule has 0 atom stereocenters. The van der Waals surface area contributed by atoms with Crippen molar-refractivity contribution >= 4 is 23.1 Å². The molecule has 1 rings (SSSR count). The van der Waals surface area contributed by atoms with E-state index in [2.05, 4.69) is 5.32 Å². The van der Waals surface area contributed by atoms with Crippen LogP contribution in [-0.2, 0) is 4.74 Å². The number of carbonyl (C=O) groups is 1. The van der Waals surface area contributed by atoms with Crippen LogP contribution in [0.2, 0.25) is 0 Å². The van der Waals surface area contributed by atoms with Gasteiger partial charge in [0, 0.05) is 0 Å². The molecule has 1 heterocycles. The maximum absolute atomic E-state index is 12.5. The Balaban J connectivity index is 2.67. The average molecular weight is 249 g/mol. The summed E-state index contributed by atoms with van der Waals surface area (Å²) in [6.07, 6.45) is -3.32. The molecule has 0 fully saturated rings. The fourth-order valence-corrected chi connectivity index (χ4v) is 1.71. The molecular formula is C10H13F2NO2S. The summed E-state index contributed by atoms with van der Waals surface area (Å²) in [7, 11) is 0. The zero-order valence-corrected chi connectivity index (χ0v) is 10.0. The number of ether oxygens (including phenoxy) is 1. The Bertz CT molecular complexity index is 371. The lowest BCUT2D eigenvalue weighted by Crippen LogP contribution is -2.27. The maximum atomic E-state index is 12.5. The fraction of sp³-hybridized carbons (Fsp3) is 0.500. The predicted molar refractivity (Wildman–Crippen MR) is 59.1 cm³/mol. The number of hydrogen-bond acceptors (Lipinski definition) is 3. The van der Waals surface area contributed by atoms with Crippen molar-refractivity contribution in [1.82, 2.24) is 0 Å². The number of hydrogen-bond donors (Lipinski definition) is 1. The van der Waals surface area contributed by atoms with Crippen LogP contribution in [-0.4, -0.2) is 11.7 Å². The van der Waals surface area contributed by atoms with E-state index in [0.29, 0.717) is 0 Å². The van der Waals surface area contributed by atoms with Crippen molar-refractivity contribution in [3.05, 3.63) is 16.3 Å². The van der Waals surface area contributed by atoms with Crippen LogP contribution in [0, 0.1) is 0 Å². The smallest absolute Gasteiger partial charge is 0.412 e. The number of alkyl halides is 2. The molecule has 0 radical (unpaired) electrons. The van der Waals surface area contributed by atoms with Gasteiger partial charge in [-0.3, -0.25) is 5.32 Å². The lowest BCUT2D eigenvalue weighted by atomic mass is 10.2. The van der Waals surface area contributed by atoms with Crippen LogP contribution in [0.1, 0.15) is 32.1 Å². The zero-order chi connectivity index (χ0) is 12.3. The molecule has 0 bridgehead atoms. The summed E-state index contributed by atoms with van der Waals surface area (Å²) < 4.78 is 29.9. The van der Waals surface area contributed by atoms with Crippen LogP contribution in [0.4, 0.5) is 19.3 Å². The number of thiophene rings is 1. The predicted octanol–water partition coefficient (Wildman–Crippen LogP) is 4.03. The largest absolute Gasteiger partial charge is 0.444 e. The van der Waals surface area contributed by atoms with Crippen LogP contribution in [0.5, 0.6) is 0 Å². The van der Waals surface area contributed by atoms with Crippen molar-refractivity contribution < 1.29 is 18.3 Å². The molecule has 1 aromatic heterocycles. The molecule has 0 unspecified atom stereocenters. The Kier molecular flexibility index (Phi) is 3.85. The molecule has 3 nitrogen and oxygen atoms in total. The third-order valence-corrected chi connectivity index (χ3v) is 2.45. The highest BCUT2D eigenvalue weighted by molar-refractivity contribution is 7.10. The van der Waals surface area contributed by atoms with Gasteiger partial charge in [-0.05, 0) is 32.2 Å². The number of anilines is 1. The van der Waals surface area contributed by atoms with E-state index in [1.54, 1.807) is 20.8 Å². The molecule has 0 saturated heterocycles. The molecule has 0 aliphatic carbocycles. The van der Waals surface area contributed by atoms with Gasteiger partial charge in [0.1, 0.15) is 5.60 Å². The van der Waals surface area contributed by atoms with E-state index in [-0.39, 0.29) is 10.6 Å². The molecule has 0 aliphatic heterocycles. The Morgan fingerprint density at radius 3 is 2.62 bits per heavy atom. The number of nitrogens with one attached hydrogen (secondary N) is 1. The third kappa shape index (κ3) is 3.77. The number of halogens is 2. The topological polar surface area (TPSA) is 38.3 Å². The first-order valence-corrected chi connectivity index (χ1v) is 5.53. The summed E-state index contributed by atoms with van der Waals surface area (Å²) in [6, 6.07) is 1.43. The monoisotopic (exact) mass is 249 g/mol. The van der Waals surface area contributed by atoms with Crippen LogP contribution in [0.25, 0.3) is 0 Å². The Hall–Kier alpha value is -1.17. The second kappa shape index (κ2) is 4.78. The van der Waals surface area contributed by atoms with Gasteiger partial charge in [-0.25, -0.2) is 13.6 Å². The van der Waals surface area contributed by atoms with Gasteiger partial charge in [0.2, 0.25) is 0 Å². The van der Waals surface area contributed by atoms with Crippen LogP contribution < -0.4 is 5.32 Å². The SMILES string of the molecule is CC(C)(C)OC(=O)Nc1ccsc1C(F)F. The van der Waals surface area contributed by atoms with Crippen LogP contribution in [0.3, 0.4) is 0 Å². The lowest BCUT2D eigenvalue weighted by molar-refractivity contribution is 0.0635. The normalized spacial score (nSPS) is 11.6. The first-order chi connectivity index (χ1) is 7.29. The molecule has 0 aliphatic rings. The maximum Gasteiger partial charge on any atom is 0.412 e. The fourth-order valence-electron chi connectivity index (χ4n) is 1.01. The minimum Gasteiger partial charge on any atom is -0.444 e. The standard InChI is InChI=1S/C10H13F2NO2S/c1-10(2,3)15-9(14)13-6-4-5-16-7(6)8(11)12/h4-5,8H,1-3H3,(H,13,14). The highest BCUT2D eigenvalue weighted by Crippen LogP contribution is 2.32. The molecule has 1 amide bonds. The van der Waals surface area contributed by atoms with Gasteiger partial charge in [-0.2, -0.15) is 0 Å². The van der Waals surface area contributed by atoms with E-state index in [1.807, 2.05) is 0 Å². The molecule has 16 heavy (non-hydrogen) atoms. The molecule has 0 spiro atoms. The quantitative estimate of drug-likeness (QED) is 0.859. The molecule has 1 N–H and O–H groups in total. The van der Waals surface area contributed by atoms with Gasteiger partial charge in [0.25, 0.3) is 6.43 Å². The highest BCUT2D eigenvalue weighted by atomic mass is 32.1. The molecule has 1 aromatic rings. The molecule has 90 valence electrons. The number of amides is 1. The summed E-state index contributed by atoms with van der Waals surface area (Å²) in [5.74, 6) is 0. The van der Waals surface area contributed by atoms with Crippen molar-refractivity contribution in [1.29, 1.82) is 0 Å². The highest BCUT2D eigenvalue weighted by Gasteiger charge is 2.20. The van der Waals surface area contributed by atoms with Gasteiger partial charge in [0.15, 0.2) is 0 Å². The third-order valence-electron chi connectivity index (χ3n) is 1.53. The number of rotatable bonds is 2. The van der Waals surface area contributed by atoms with E-state index < -0.39 is 18.1 Å². The van der Waals surface area contributed by atoms with Gasteiger partial charge >= 0.3 is 6.09 Å². The summed E-state index contributed by atoms with van der Waals surface area (Å²) in [4.78, 5) is 11.2. The Morgan fingerprint density at radius 1 is 1.50 bits per heavy atom. The summed E-state index contributed by atoms with van der Waals surface area (Å²) in [5.41, 5.74) is -0.542. The van der Waals surface area contributed by atoms with Crippen LogP contribution >= 0.6 is 11.3 Å². The van der Waals surface area contributed by atoms with Crippen molar-refractivity contribution in [3.63, 3.8) is 0 Å². The molecule has 0 saturated carbocycles. The summed E-state index contributed by atoms with van der Waals surface area (Å²) >= 11 is 0.897. The van der Waals surface area contributed by atoms with E-state index in [0.717, 1.165) is 11.3 Å². The summed E-state index contributed by atoms with van der Waals surface area (Å²) in [6.45, 7) is 5.11. The van der Waals surface area contributed by atoms with E-state index in [9.17, 15) is 13.6 Å². The van der Waals surface area contributed by atoms with Crippen LogP contribution in [0.15, 0.2) is 11.4 Å². The minimum absolute atomic E-state index is 0.106. The second-order valence-corrected chi connectivity index (χ2v) is 5.07. The van der Waals surface area contributed by atoms with Crippen molar-refractivity contribution in [3.8, 4) is 0 Å². The molecular weight excluding hydrogens is 236 g/mol. The first-order valence-electron chi connectivity index (χ1n) is 4.65. The molecule has 6 heteroatoms. The average Bonchev–Trinajstić information content (AvgIpc) is 2.47. The summed E-state index contributed by atoms with van der Waals surface area (Å²) in [5, 5.41) is 3.79. The van der Waals surface area contributed by atoms with Crippen molar-refractivity contribution in [2.24, 2.45) is 0 Å². The lowest BCUT2D eigenvalue weighted by Gasteiger charge is -2.19. The first kappa shape index (κ1) is 12.9. The Morgan fingerprint density at radius 2 is 2.12 bits per heavy atom. The number of carbonyl (C=O) groups excluding carboxylic acids is 1. The Labute approximate surface area is 96.4 Å². The van der Waals surface area contributed by atoms with E-state index in [1.165, 1.54) is 11.4 Å². The van der Waals surface area contributed by atoms with E-state index in [4.69, 9.17) is 4.74 Å². The van der Waals surface area contributed by atoms with Gasteiger partial charge in [-0.1, -0.05) is 0 Å². The van der Waals surface area contributed by atoms with Crippen molar-refractivity contribution in [2.45, 2.75) is 32.8 Å². The second-order valence-electron chi connectivity index (χ2n) is 4.13. The zero-order valence-electron chi connectivity index (χ0n) is 9.21.